The van der Waals surface area contributed by atoms with Gasteiger partial charge in [-0.15, -0.1) is 0 Å². The Morgan fingerprint density at radius 1 is 0.750 bits per heavy atom. The molecule has 0 aliphatic heterocycles. The molecule has 0 unspecified atom stereocenters. The number of hydrogen-bond acceptors (Lipinski definition) is 7. The van der Waals surface area contributed by atoms with Crippen molar-refractivity contribution in [2.24, 2.45) is 0 Å². The zero-order valence-electron chi connectivity index (χ0n) is 23.4. The van der Waals surface area contributed by atoms with E-state index in [0.717, 1.165) is 0 Å². The number of aromatic hydroxyl groups is 1. The van der Waals surface area contributed by atoms with Gasteiger partial charge in [-0.3, -0.25) is 14.9 Å². The Labute approximate surface area is 253 Å². The predicted molar refractivity (Wildman–Crippen MR) is 168 cm³/mol. The second-order valence-electron chi connectivity index (χ2n) is 9.70. The van der Waals surface area contributed by atoms with E-state index in [-0.39, 0.29) is 11.3 Å². The van der Waals surface area contributed by atoms with E-state index < -0.39 is 30.1 Å². The van der Waals surface area contributed by atoms with Crippen molar-refractivity contribution >= 4 is 40.1 Å². The first kappa shape index (κ1) is 29.4. The fourth-order valence-corrected chi connectivity index (χ4v) is 4.59. The molecular formula is C35H29N3O6. The number of nitrogens with one attached hydrogen (secondary N) is 2. The van der Waals surface area contributed by atoms with Gasteiger partial charge in [-0.2, -0.15) is 0 Å². The van der Waals surface area contributed by atoms with Gasteiger partial charge >= 0.3 is 6.09 Å². The van der Waals surface area contributed by atoms with Crippen molar-refractivity contribution < 1.29 is 29.0 Å². The van der Waals surface area contributed by atoms with E-state index >= 15 is 0 Å². The van der Waals surface area contributed by atoms with Crippen LogP contribution in [0.4, 0.5) is 16.2 Å². The first-order valence-corrected chi connectivity index (χ1v) is 13.7. The van der Waals surface area contributed by atoms with Gasteiger partial charge < -0.3 is 25.6 Å². The summed E-state index contributed by atoms with van der Waals surface area (Å²) in [5, 5.41) is 16.6. The van der Waals surface area contributed by atoms with Crippen LogP contribution >= 0.6 is 0 Å². The van der Waals surface area contributed by atoms with Crippen molar-refractivity contribution in [2.45, 2.75) is 12.2 Å². The molecule has 5 rings (SSSR count). The number of amides is 3. The second kappa shape index (κ2) is 13.7. The van der Waals surface area contributed by atoms with Gasteiger partial charge in [0.2, 0.25) is 5.91 Å². The van der Waals surface area contributed by atoms with E-state index in [4.69, 9.17) is 15.2 Å². The Balaban J connectivity index is 1.52. The highest BCUT2D eigenvalue weighted by atomic mass is 16.6. The molecule has 0 aliphatic rings. The molecular weight excluding hydrogens is 558 g/mol. The summed E-state index contributed by atoms with van der Waals surface area (Å²) in [6, 6.07) is 34.0. The zero-order chi connectivity index (χ0) is 30.9. The largest absolute Gasteiger partial charge is 0.507 e. The van der Waals surface area contributed by atoms with Crippen molar-refractivity contribution in [3.8, 4) is 11.5 Å². The van der Waals surface area contributed by atoms with Crippen LogP contribution in [-0.2, 0) is 9.53 Å². The van der Waals surface area contributed by atoms with Gasteiger partial charge in [-0.1, -0.05) is 78.9 Å². The Morgan fingerprint density at radius 3 is 2.11 bits per heavy atom. The van der Waals surface area contributed by atoms with Crippen LogP contribution in [0, 0.1) is 0 Å². The number of carbonyl (C=O) groups is 3. The van der Waals surface area contributed by atoms with Crippen molar-refractivity contribution in [2.75, 3.05) is 11.1 Å². The van der Waals surface area contributed by atoms with Gasteiger partial charge in [0, 0.05) is 22.6 Å². The van der Waals surface area contributed by atoms with Crippen LogP contribution in [0.1, 0.15) is 22.0 Å². The summed E-state index contributed by atoms with van der Waals surface area (Å²) in [5.74, 6) is -0.682. The molecule has 9 nitrogen and oxygen atoms in total. The van der Waals surface area contributed by atoms with Crippen molar-refractivity contribution in [3.63, 3.8) is 0 Å². The van der Waals surface area contributed by atoms with Crippen LogP contribution in [0.15, 0.2) is 133 Å². The van der Waals surface area contributed by atoms with E-state index in [2.05, 4.69) is 10.6 Å². The molecule has 3 amide bonds. The molecule has 0 spiro atoms. The molecule has 5 aromatic carbocycles. The molecule has 44 heavy (non-hydrogen) atoms. The smallest absolute Gasteiger partial charge is 0.414 e. The SMILES string of the molecule is Nc1ccccc1NC(=O)/C=C/[C@H](Oc1ccccc1)[C@@H](OC(=O)NC(=O)c1ccccc1)c1ccc(O)c2ccccc12. The van der Waals surface area contributed by atoms with Gasteiger partial charge in [-0.05, 0) is 53.9 Å². The molecule has 0 radical (unpaired) electrons. The summed E-state index contributed by atoms with van der Waals surface area (Å²) in [4.78, 5) is 38.9. The molecule has 5 N–H and O–H groups in total. The monoisotopic (exact) mass is 587 g/mol. The number of nitrogens with two attached hydrogens (primary N) is 1. The van der Waals surface area contributed by atoms with Crippen molar-refractivity contribution in [3.05, 3.63) is 145 Å². The summed E-state index contributed by atoms with van der Waals surface area (Å²) in [6.45, 7) is 0. The number of hydrogen-bond donors (Lipinski definition) is 4. The van der Waals surface area contributed by atoms with Crippen molar-refractivity contribution in [1.29, 1.82) is 0 Å². The third kappa shape index (κ3) is 7.21. The number of benzene rings is 5. The van der Waals surface area contributed by atoms with Gasteiger partial charge in [0.15, 0.2) is 12.2 Å². The number of para-hydroxylation sites is 3. The van der Waals surface area contributed by atoms with E-state index in [1.54, 1.807) is 109 Å². The summed E-state index contributed by atoms with van der Waals surface area (Å²) in [6.07, 6.45) is -0.568. The lowest BCUT2D eigenvalue weighted by Gasteiger charge is -2.27. The Kier molecular flexibility index (Phi) is 9.17. The van der Waals surface area contributed by atoms with Crippen LogP contribution in [0.25, 0.3) is 10.8 Å². The van der Waals surface area contributed by atoms with E-state index in [9.17, 15) is 19.5 Å². The highest BCUT2D eigenvalue weighted by molar-refractivity contribution is 6.03. The number of ether oxygens (including phenoxy) is 2. The Hall–Kier alpha value is -6.09. The van der Waals surface area contributed by atoms with Gasteiger partial charge in [-0.25, -0.2) is 4.79 Å². The van der Waals surface area contributed by atoms with E-state index in [1.165, 1.54) is 18.2 Å². The quantitative estimate of drug-likeness (QED) is 0.116. The first-order valence-electron chi connectivity index (χ1n) is 13.7. The van der Waals surface area contributed by atoms with Crippen LogP contribution < -0.4 is 21.1 Å². The lowest BCUT2D eigenvalue weighted by molar-refractivity contribution is -0.112. The normalized spacial score (nSPS) is 12.3. The maximum atomic E-state index is 13.2. The van der Waals surface area contributed by atoms with E-state index in [0.29, 0.717) is 33.5 Å². The van der Waals surface area contributed by atoms with Crippen LogP contribution in [0.3, 0.4) is 0 Å². The fraction of sp³-hybridized carbons (Fsp3) is 0.0571. The summed E-state index contributed by atoms with van der Waals surface area (Å²) in [7, 11) is 0. The maximum Gasteiger partial charge on any atom is 0.414 e. The van der Waals surface area contributed by atoms with Crippen LogP contribution in [0.2, 0.25) is 0 Å². The van der Waals surface area contributed by atoms with Gasteiger partial charge in [0.25, 0.3) is 5.91 Å². The molecule has 0 saturated carbocycles. The summed E-state index contributed by atoms with van der Waals surface area (Å²) < 4.78 is 12.2. The number of carbonyl (C=O) groups excluding carboxylic acids is 3. The third-order valence-electron chi connectivity index (χ3n) is 6.70. The highest BCUT2D eigenvalue weighted by Gasteiger charge is 2.30. The molecule has 0 fully saturated rings. The minimum atomic E-state index is -1.19. The lowest BCUT2D eigenvalue weighted by Crippen LogP contribution is -2.36. The number of alkyl carbamates (subject to hydrolysis) is 1. The molecule has 0 heterocycles. The molecule has 2 atom stereocenters. The second-order valence-corrected chi connectivity index (χ2v) is 9.70. The average molecular weight is 588 g/mol. The van der Waals surface area contributed by atoms with Crippen LogP contribution in [-0.4, -0.2) is 29.1 Å². The Morgan fingerprint density at radius 2 is 1.39 bits per heavy atom. The van der Waals surface area contributed by atoms with Gasteiger partial charge in [0.05, 0.1) is 11.4 Å². The summed E-state index contributed by atoms with van der Waals surface area (Å²) in [5.41, 5.74) is 7.54. The average Bonchev–Trinajstić information content (AvgIpc) is 3.04. The number of phenolic OH excluding ortho intramolecular Hbond substituents is 1. The number of anilines is 2. The standard InChI is InChI=1S/C35H29N3O6/c36-28-17-9-10-18-29(28)37-32(40)22-21-31(43-24-13-5-2-6-14-24)33(27-19-20-30(39)26-16-8-7-15-25(26)27)44-35(42)38-34(41)23-11-3-1-4-12-23/h1-22,31,33,39H,36H2,(H,37,40)(H,38,41,42)/b22-21+/t31-,33-/m0/s1. The zero-order valence-corrected chi connectivity index (χ0v) is 23.4. The lowest BCUT2D eigenvalue weighted by atomic mass is 9.96. The molecule has 0 bridgehead atoms. The predicted octanol–water partition coefficient (Wildman–Crippen LogP) is 6.38. The molecule has 0 saturated heterocycles. The number of imide groups is 1. The third-order valence-corrected chi connectivity index (χ3v) is 6.70. The molecule has 0 aromatic heterocycles. The number of fused-ring (bicyclic) bond motifs is 1. The summed E-state index contributed by atoms with van der Waals surface area (Å²) >= 11 is 0. The topological polar surface area (TPSA) is 140 Å². The number of phenols is 1. The van der Waals surface area contributed by atoms with Crippen molar-refractivity contribution in [1.82, 2.24) is 5.32 Å². The minimum Gasteiger partial charge on any atom is -0.507 e. The van der Waals surface area contributed by atoms with Crippen LogP contribution in [0.5, 0.6) is 11.5 Å². The number of nitrogen functional groups attached to an aromatic ring is 1. The highest BCUT2D eigenvalue weighted by Crippen LogP contribution is 2.35. The molecule has 9 heteroatoms. The first-order chi connectivity index (χ1) is 21.4. The maximum absolute atomic E-state index is 13.2. The Bertz CT molecular complexity index is 1810. The van der Waals surface area contributed by atoms with E-state index in [1.807, 2.05) is 6.07 Å². The number of rotatable bonds is 9. The molecule has 5 aromatic rings. The fourth-order valence-electron chi connectivity index (χ4n) is 4.59. The molecule has 0 aliphatic carbocycles. The minimum absolute atomic E-state index is 0.0303. The van der Waals surface area contributed by atoms with Gasteiger partial charge in [0.1, 0.15) is 11.5 Å². The molecule has 220 valence electrons.